The highest BCUT2D eigenvalue weighted by Gasteiger charge is 2.36. The summed E-state index contributed by atoms with van der Waals surface area (Å²) in [5.74, 6) is 1.11. The van der Waals surface area contributed by atoms with E-state index in [1.807, 2.05) is 35.9 Å². The molecule has 1 aliphatic carbocycles. The molecule has 2 fully saturated rings. The zero-order valence-corrected chi connectivity index (χ0v) is 21.0. The van der Waals surface area contributed by atoms with Crippen molar-refractivity contribution >= 4 is 16.9 Å². The van der Waals surface area contributed by atoms with Gasteiger partial charge >= 0.3 is 5.97 Å². The number of nitrogens with zero attached hydrogens (tertiary/aromatic N) is 5. The lowest BCUT2D eigenvalue weighted by Gasteiger charge is -2.36. The van der Waals surface area contributed by atoms with Crippen molar-refractivity contribution in [3.8, 4) is 5.75 Å². The summed E-state index contributed by atoms with van der Waals surface area (Å²) >= 11 is 0. The molecule has 0 bridgehead atoms. The van der Waals surface area contributed by atoms with Crippen LogP contribution in [0.2, 0.25) is 0 Å². The first-order valence-corrected chi connectivity index (χ1v) is 13.0. The lowest BCUT2D eigenvalue weighted by molar-refractivity contribution is -0.149. The van der Waals surface area contributed by atoms with Gasteiger partial charge in [-0.2, -0.15) is 0 Å². The molecule has 1 aliphatic heterocycles. The predicted molar refractivity (Wildman–Crippen MR) is 134 cm³/mol. The molecule has 3 aromatic rings. The van der Waals surface area contributed by atoms with Gasteiger partial charge in [0.1, 0.15) is 11.8 Å². The number of rotatable bonds is 7. The lowest BCUT2D eigenvalue weighted by atomic mass is 9.93. The molecule has 1 atom stereocenters. The van der Waals surface area contributed by atoms with E-state index in [1.165, 1.54) is 6.42 Å². The lowest BCUT2D eigenvalue weighted by Crippen LogP contribution is -2.42. The van der Waals surface area contributed by atoms with Gasteiger partial charge in [-0.25, -0.2) is 4.68 Å². The smallest absolute Gasteiger partial charge is 0.309 e. The SMILES string of the molecule is CCOC(=O)C1CCN([C@@H](c2cc3ccc(OC)cc3[nH]c2=O)c2nnnn2C2CCCCC2)CC1. The van der Waals surface area contributed by atoms with Gasteiger partial charge in [-0.05, 0) is 66.6 Å². The second kappa shape index (κ2) is 10.8. The largest absolute Gasteiger partial charge is 0.497 e. The van der Waals surface area contributed by atoms with Crippen LogP contribution in [0.5, 0.6) is 5.75 Å². The number of fused-ring (bicyclic) bond motifs is 1. The third-order valence-corrected chi connectivity index (χ3v) is 7.57. The molecule has 1 saturated heterocycles. The van der Waals surface area contributed by atoms with E-state index in [0.717, 1.165) is 36.6 Å². The number of hydrogen-bond donors (Lipinski definition) is 1. The number of piperidine rings is 1. The molecule has 2 aliphatic rings. The second-order valence-corrected chi connectivity index (χ2v) is 9.75. The fourth-order valence-electron chi connectivity index (χ4n) is 5.65. The Bertz CT molecular complexity index is 1260. The molecule has 1 saturated carbocycles. The molecule has 36 heavy (non-hydrogen) atoms. The molecular formula is C26H34N6O4. The van der Waals surface area contributed by atoms with Gasteiger partial charge in [0.05, 0.1) is 31.2 Å². The number of carbonyl (C=O) groups excluding carboxylic acids is 1. The maximum atomic E-state index is 13.5. The summed E-state index contributed by atoms with van der Waals surface area (Å²) in [7, 11) is 1.61. The standard InChI is InChI=1S/C26H34N6O4/c1-3-36-26(34)17-11-13-31(14-12-17)23(24-28-29-30-32(24)19-7-5-4-6-8-19)21-15-18-9-10-20(35-2)16-22(18)27-25(21)33/h9-10,15-17,19,23H,3-8,11-14H2,1-2H3,(H,27,33)/t23-/m0/s1. The second-order valence-electron chi connectivity index (χ2n) is 9.75. The number of H-pyrrole nitrogens is 1. The minimum atomic E-state index is -0.416. The number of benzene rings is 1. The number of likely N-dealkylation sites (tertiary alicyclic amines) is 1. The Balaban J connectivity index is 1.54. The zero-order valence-electron chi connectivity index (χ0n) is 21.0. The highest BCUT2D eigenvalue weighted by Crippen LogP contribution is 2.35. The van der Waals surface area contributed by atoms with Crippen LogP contribution in [0.1, 0.15) is 75.3 Å². The average Bonchev–Trinajstić information content (AvgIpc) is 3.39. The Hall–Kier alpha value is -3.27. The highest BCUT2D eigenvalue weighted by molar-refractivity contribution is 5.80. The number of carbonyl (C=O) groups is 1. The summed E-state index contributed by atoms with van der Waals surface area (Å²) in [4.78, 5) is 31.1. The number of aromatic nitrogens is 5. The molecule has 0 unspecified atom stereocenters. The van der Waals surface area contributed by atoms with E-state index in [2.05, 4.69) is 25.4 Å². The van der Waals surface area contributed by atoms with E-state index in [0.29, 0.717) is 49.7 Å². The minimum absolute atomic E-state index is 0.126. The van der Waals surface area contributed by atoms with Crippen molar-refractivity contribution in [2.24, 2.45) is 5.92 Å². The molecule has 2 aromatic heterocycles. The van der Waals surface area contributed by atoms with E-state index >= 15 is 0 Å². The van der Waals surface area contributed by atoms with Crippen LogP contribution in [0.25, 0.3) is 10.9 Å². The number of tetrazole rings is 1. The quantitative estimate of drug-likeness (QED) is 0.497. The van der Waals surface area contributed by atoms with Gasteiger partial charge in [0.25, 0.3) is 5.56 Å². The van der Waals surface area contributed by atoms with Gasteiger partial charge < -0.3 is 14.5 Å². The van der Waals surface area contributed by atoms with E-state index in [1.54, 1.807) is 7.11 Å². The first-order chi connectivity index (χ1) is 17.6. The number of aromatic amines is 1. The number of methoxy groups -OCH3 is 1. The first kappa shape index (κ1) is 24.4. The Morgan fingerprint density at radius 3 is 2.64 bits per heavy atom. The van der Waals surface area contributed by atoms with Gasteiger partial charge in [0.2, 0.25) is 0 Å². The van der Waals surface area contributed by atoms with Crippen LogP contribution in [0.4, 0.5) is 0 Å². The number of esters is 1. The maximum absolute atomic E-state index is 13.5. The molecule has 0 spiro atoms. The van der Waals surface area contributed by atoms with Crippen LogP contribution in [0, 0.1) is 5.92 Å². The summed E-state index contributed by atoms with van der Waals surface area (Å²) in [6, 6.07) is 7.41. The zero-order chi connectivity index (χ0) is 25.1. The number of pyridine rings is 1. The van der Waals surface area contributed by atoms with Crippen molar-refractivity contribution in [3.63, 3.8) is 0 Å². The predicted octanol–water partition coefficient (Wildman–Crippen LogP) is 3.39. The molecule has 192 valence electrons. The van der Waals surface area contributed by atoms with Crippen LogP contribution in [-0.4, -0.2) is 62.9 Å². The molecule has 0 amide bonds. The highest BCUT2D eigenvalue weighted by atomic mass is 16.5. The third-order valence-electron chi connectivity index (χ3n) is 7.57. The van der Waals surface area contributed by atoms with Crippen LogP contribution >= 0.6 is 0 Å². The summed E-state index contributed by atoms with van der Waals surface area (Å²) in [6.07, 6.45) is 6.93. The van der Waals surface area contributed by atoms with E-state index < -0.39 is 6.04 Å². The monoisotopic (exact) mass is 494 g/mol. The molecule has 1 N–H and O–H groups in total. The van der Waals surface area contributed by atoms with Crippen molar-refractivity contribution in [1.29, 1.82) is 0 Å². The molecule has 10 heteroatoms. The van der Waals surface area contributed by atoms with Crippen molar-refractivity contribution in [3.05, 3.63) is 46.0 Å². The summed E-state index contributed by atoms with van der Waals surface area (Å²) in [6.45, 7) is 3.50. The van der Waals surface area contributed by atoms with Gasteiger partial charge in [0.15, 0.2) is 5.82 Å². The fourth-order valence-corrected chi connectivity index (χ4v) is 5.65. The summed E-state index contributed by atoms with van der Waals surface area (Å²) < 4.78 is 12.5. The Morgan fingerprint density at radius 2 is 1.92 bits per heavy atom. The molecule has 1 aromatic carbocycles. The molecule has 10 nitrogen and oxygen atoms in total. The van der Waals surface area contributed by atoms with Gasteiger partial charge in [0, 0.05) is 24.7 Å². The topological polar surface area (TPSA) is 115 Å². The number of ether oxygens (including phenoxy) is 2. The van der Waals surface area contributed by atoms with E-state index in [-0.39, 0.29) is 23.5 Å². The Labute approximate surface area is 210 Å². The number of nitrogens with one attached hydrogen (secondary N) is 1. The molecule has 3 heterocycles. The molecule has 0 radical (unpaired) electrons. The third kappa shape index (κ3) is 4.86. The van der Waals surface area contributed by atoms with E-state index in [9.17, 15) is 9.59 Å². The summed E-state index contributed by atoms with van der Waals surface area (Å²) in [5, 5.41) is 13.8. The molecular weight excluding hydrogens is 460 g/mol. The summed E-state index contributed by atoms with van der Waals surface area (Å²) in [5.41, 5.74) is 1.15. The van der Waals surface area contributed by atoms with Crippen molar-refractivity contribution in [1.82, 2.24) is 30.1 Å². The van der Waals surface area contributed by atoms with Crippen LogP contribution in [0.3, 0.4) is 0 Å². The average molecular weight is 495 g/mol. The normalized spacial score (nSPS) is 18.8. The minimum Gasteiger partial charge on any atom is -0.497 e. The Morgan fingerprint density at radius 1 is 1.14 bits per heavy atom. The van der Waals surface area contributed by atoms with Gasteiger partial charge in [-0.1, -0.05) is 19.3 Å². The van der Waals surface area contributed by atoms with Gasteiger partial charge in [-0.15, -0.1) is 5.10 Å². The van der Waals surface area contributed by atoms with E-state index in [4.69, 9.17) is 9.47 Å². The van der Waals surface area contributed by atoms with Crippen molar-refractivity contribution < 1.29 is 14.3 Å². The van der Waals surface area contributed by atoms with Crippen molar-refractivity contribution in [2.45, 2.75) is 64.0 Å². The Kier molecular flexibility index (Phi) is 7.31. The maximum Gasteiger partial charge on any atom is 0.309 e. The fraction of sp³-hybridized carbons (Fsp3) is 0.577. The first-order valence-electron chi connectivity index (χ1n) is 13.0. The number of hydrogen-bond acceptors (Lipinski definition) is 8. The van der Waals surface area contributed by atoms with Crippen LogP contribution in [-0.2, 0) is 9.53 Å². The van der Waals surface area contributed by atoms with Crippen LogP contribution in [0.15, 0.2) is 29.1 Å². The van der Waals surface area contributed by atoms with Crippen LogP contribution < -0.4 is 10.3 Å². The van der Waals surface area contributed by atoms with Crippen molar-refractivity contribution in [2.75, 3.05) is 26.8 Å². The van der Waals surface area contributed by atoms with Gasteiger partial charge in [-0.3, -0.25) is 14.5 Å². The molecule has 5 rings (SSSR count).